The van der Waals surface area contributed by atoms with E-state index in [2.05, 4.69) is 32.4 Å². The molecule has 2 N–H and O–H groups in total. The van der Waals surface area contributed by atoms with Crippen molar-refractivity contribution in [3.63, 3.8) is 0 Å². The van der Waals surface area contributed by atoms with Gasteiger partial charge in [-0.2, -0.15) is 0 Å². The molecule has 32 heavy (non-hydrogen) atoms. The SMILES string of the molecule is Fc1cccc(COc2ccc(Nc3ncnc4cc(C#CC5CCN5)sc34)cc2Cl)c1. The molecule has 0 amide bonds. The Bertz CT molecular complexity index is 1340. The molecule has 2 aromatic heterocycles. The molecule has 3 heterocycles. The quantitative estimate of drug-likeness (QED) is 0.381. The Balaban J connectivity index is 1.31. The minimum absolute atomic E-state index is 0.228. The van der Waals surface area contributed by atoms with Crippen molar-refractivity contribution in [1.29, 1.82) is 0 Å². The van der Waals surface area contributed by atoms with E-state index in [0.29, 0.717) is 16.6 Å². The standard InChI is InChI=1S/C24H18ClFN4OS/c25-20-11-18(5-7-22(20)31-13-15-2-1-3-16(26)10-15)30-24-23-21(28-14-29-24)12-19(32-23)6-4-17-8-9-27-17/h1-3,5,7,10-12,14,17,27H,8-9,13H2,(H,28,29,30). The first-order valence-corrected chi connectivity index (χ1v) is 11.3. The molecule has 1 aliphatic heterocycles. The lowest BCUT2D eigenvalue weighted by molar-refractivity contribution is 0.306. The zero-order valence-corrected chi connectivity index (χ0v) is 18.4. The third kappa shape index (κ3) is 4.68. The third-order valence-electron chi connectivity index (χ3n) is 4.98. The lowest BCUT2D eigenvalue weighted by Gasteiger charge is -2.21. The summed E-state index contributed by atoms with van der Waals surface area (Å²) in [6.07, 6.45) is 2.62. The molecule has 0 saturated carbocycles. The minimum Gasteiger partial charge on any atom is -0.487 e. The summed E-state index contributed by atoms with van der Waals surface area (Å²) in [6, 6.07) is 14.0. The second-order valence-electron chi connectivity index (χ2n) is 7.30. The molecule has 0 bridgehead atoms. The van der Waals surface area contributed by atoms with Crippen LogP contribution in [0.25, 0.3) is 10.2 Å². The van der Waals surface area contributed by atoms with E-state index in [4.69, 9.17) is 16.3 Å². The van der Waals surface area contributed by atoms with Crippen molar-refractivity contribution in [2.45, 2.75) is 19.1 Å². The van der Waals surface area contributed by atoms with Crippen LogP contribution in [-0.2, 0) is 6.61 Å². The van der Waals surface area contributed by atoms with Crippen LogP contribution in [-0.4, -0.2) is 22.6 Å². The van der Waals surface area contributed by atoms with Crippen LogP contribution in [0.2, 0.25) is 5.02 Å². The molecular formula is C24H18ClFN4OS. The maximum Gasteiger partial charge on any atom is 0.151 e. The fourth-order valence-electron chi connectivity index (χ4n) is 3.20. The Morgan fingerprint density at radius 1 is 1.22 bits per heavy atom. The average Bonchev–Trinajstić information content (AvgIpc) is 3.16. The Morgan fingerprint density at radius 2 is 2.12 bits per heavy atom. The number of halogens is 2. The van der Waals surface area contributed by atoms with Crippen LogP contribution in [0.15, 0.2) is 54.9 Å². The maximum atomic E-state index is 13.3. The number of nitrogens with zero attached hydrogens (tertiary/aromatic N) is 2. The zero-order chi connectivity index (χ0) is 21.9. The predicted molar refractivity (Wildman–Crippen MR) is 126 cm³/mol. The van der Waals surface area contributed by atoms with Gasteiger partial charge in [-0.25, -0.2) is 14.4 Å². The molecule has 5 rings (SSSR count). The van der Waals surface area contributed by atoms with Gasteiger partial charge in [-0.3, -0.25) is 0 Å². The molecule has 5 nitrogen and oxygen atoms in total. The summed E-state index contributed by atoms with van der Waals surface area (Å²) >= 11 is 7.97. The predicted octanol–water partition coefficient (Wildman–Crippen LogP) is 5.52. The highest BCUT2D eigenvalue weighted by molar-refractivity contribution is 7.20. The zero-order valence-electron chi connectivity index (χ0n) is 16.9. The van der Waals surface area contributed by atoms with E-state index in [-0.39, 0.29) is 18.5 Å². The van der Waals surface area contributed by atoms with Crippen molar-refractivity contribution < 1.29 is 9.13 Å². The maximum absolute atomic E-state index is 13.3. The summed E-state index contributed by atoms with van der Waals surface area (Å²) in [5, 5.41) is 7.03. The number of nitrogens with one attached hydrogen (secondary N) is 2. The number of fused-ring (bicyclic) bond motifs is 1. The third-order valence-corrected chi connectivity index (χ3v) is 6.32. The van der Waals surface area contributed by atoms with E-state index in [1.54, 1.807) is 35.6 Å². The van der Waals surface area contributed by atoms with Gasteiger partial charge < -0.3 is 15.4 Å². The average molecular weight is 465 g/mol. The van der Waals surface area contributed by atoms with Gasteiger partial charge in [-0.1, -0.05) is 35.6 Å². The Kier molecular flexibility index (Phi) is 5.91. The topological polar surface area (TPSA) is 59.1 Å². The van der Waals surface area contributed by atoms with Gasteiger partial charge in [0.2, 0.25) is 0 Å². The summed E-state index contributed by atoms with van der Waals surface area (Å²) in [5.41, 5.74) is 2.35. The van der Waals surface area contributed by atoms with Crippen LogP contribution in [0.5, 0.6) is 5.75 Å². The van der Waals surface area contributed by atoms with Crippen LogP contribution in [0.3, 0.4) is 0 Å². The number of ether oxygens (including phenoxy) is 1. The molecule has 0 aliphatic carbocycles. The number of rotatable bonds is 5. The molecule has 1 atom stereocenters. The number of anilines is 2. The van der Waals surface area contributed by atoms with Gasteiger partial charge in [0, 0.05) is 5.69 Å². The van der Waals surface area contributed by atoms with Crippen molar-refractivity contribution in [1.82, 2.24) is 15.3 Å². The Morgan fingerprint density at radius 3 is 2.91 bits per heavy atom. The largest absolute Gasteiger partial charge is 0.487 e. The van der Waals surface area contributed by atoms with Crippen LogP contribution >= 0.6 is 22.9 Å². The number of hydrogen-bond donors (Lipinski definition) is 2. The van der Waals surface area contributed by atoms with Gasteiger partial charge in [-0.05, 0) is 54.9 Å². The second kappa shape index (κ2) is 9.13. The lowest BCUT2D eigenvalue weighted by atomic mass is 10.1. The van der Waals surface area contributed by atoms with E-state index in [1.165, 1.54) is 18.5 Å². The monoisotopic (exact) mass is 464 g/mol. The second-order valence-corrected chi connectivity index (χ2v) is 8.76. The summed E-state index contributed by atoms with van der Waals surface area (Å²) in [4.78, 5) is 9.71. The van der Waals surface area contributed by atoms with Crippen molar-refractivity contribution in [3.8, 4) is 17.6 Å². The van der Waals surface area contributed by atoms with Gasteiger partial charge in [0.15, 0.2) is 5.82 Å². The highest BCUT2D eigenvalue weighted by Crippen LogP contribution is 2.33. The minimum atomic E-state index is -0.296. The first kappa shape index (κ1) is 20.7. The molecule has 0 radical (unpaired) electrons. The fourth-order valence-corrected chi connectivity index (χ4v) is 4.35. The fraction of sp³-hybridized carbons (Fsp3) is 0.167. The van der Waals surface area contributed by atoms with Crippen LogP contribution in [0.4, 0.5) is 15.9 Å². The van der Waals surface area contributed by atoms with E-state index < -0.39 is 0 Å². The molecular weight excluding hydrogens is 447 g/mol. The summed E-state index contributed by atoms with van der Waals surface area (Å²) in [6.45, 7) is 1.26. The van der Waals surface area contributed by atoms with Crippen molar-refractivity contribution in [2.75, 3.05) is 11.9 Å². The number of thiophene rings is 1. The van der Waals surface area contributed by atoms with E-state index in [9.17, 15) is 4.39 Å². The van der Waals surface area contributed by atoms with Crippen molar-refractivity contribution in [3.05, 3.63) is 76.1 Å². The van der Waals surface area contributed by atoms with E-state index in [0.717, 1.165) is 39.3 Å². The molecule has 4 aromatic rings. The molecule has 2 aromatic carbocycles. The van der Waals surface area contributed by atoms with Gasteiger partial charge in [0.1, 0.15) is 24.5 Å². The van der Waals surface area contributed by atoms with Crippen LogP contribution < -0.4 is 15.4 Å². The van der Waals surface area contributed by atoms with Crippen LogP contribution in [0, 0.1) is 17.7 Å². The van der Waals surface area contributed by atoms with E-state index >= 15 is 0 Å². The number of aromatic nitrogens is 2. The van der Waals surface area contributed by atoms with Crippen molar-refractivity contribution >= 4 is 44.7 Å². The molecule has 1 aliphatic rings. The highest BCUT2D eigenvalue weighted by Gasteiger charge is 2.13. The molecule has 1 saturated heterocycles. The first-order valence-electron chi connectivity index (χ1n) is 10.1. The van der Waals surface area contributed by atoms with Gasteiger partial charge >= 0.3 is 0 Å². The summed E-state index contributed by atoms with van der Waals surface area (Å²) in [7, 11) is 0. The first-order chi connectivity index (χ1) is 15.6. The highest BCUT2D eigenvalue weighted by atomic mass is 35.5. The Hall–Kier alpha value is -3.18. The molecule has 160 valence electrons. The van der Waals surface area contributed by atoms with Crippen molar-refractivity contribution in [2.24, 2.45) is 0 Å². The number of benzene rings is 2. The summed E-state index contributed by atoms with van der Waals surface area (Å²) < 4.78 is 20.0. The molecule has 8 heteroatoms. The number of hydrogen-bond acceptors (Lipinski definition) is 6. The molecule has 0 spiro atoms. The van der Waals surface area contributed by atoms with Gasteiger partial charge in [-0.15, -0.1) is 11.3 Å². The molecule has 1 unspecified atom stereocenters. The Labute approximate surface area is 193 Å². The van der Waals surface area contributed by atoms with E-state index in [1.807, 2.05) is 12.1 Å². The lowest BCUT2D eigenvalue weighted by Crippen LogP contribution is -2.41. The van der Waals surface area contributed by atoms with Crippen LogP contribution in [0.1, 0.15) is 16.9 Å². The summed E-state index contributed by atoms with van der Waals surface area (Å²) in [5.74, 6) is 7.38. The van der Waals surface area contributed by atoms with Gasteiger partial charge in [0.25, 0.3) is 0 Å². The van der Waals surface area contributed by atoms with Gasteiger partial charge in [0.05, 0.1) is 26.2 Å². The molecule has 1 fully saturated rings. The normalized spacial score (nSPS) is 15.0. The smallest absolute Gasteiger partial charge is 0.151 e.